The number of aliphatic hydroxyl groups is 1. The Balaban J connectivity index is 2.77. The zero-order valence-corrected chi connectivity index (χ0v) is 9.91. The molecule has 0 radical (unpaired) electrons. The maximum Gasteiger partial charge on any atom is 0.302 e. The van der Waals surface area contributed by atoms with Gasteiger partial charge in [-0.2, -0.15) is 0 Å². The van der Waals surface area contributed by atoms with Gasteiger partial charge in [0.2, 0.25) is 0 Å². The fourth-order valence-electron chi connectivity index (χ4n) is 2.11. The highest BCUT2D eigenvalue weighted by atomic mass is 16.5. The highest BCUT2D eigenvalue weighted by Crippen LogP contribution is 2.41. The maximum atomic E-state index is 10.8. The Kier molecular flexibility index (Phi) is 3.55. The van der Waals surface area contributed by atoms with Crippen LogP contribution in [0.25, 0.3) is 0 Å². The van der Waals surface area contributed by atoms with E-state index in [1.807, 2.05) is 26.8 Å². The number of carbonyl (C=O) groups excluding carboxylic acids is 1. The molecule has 15 heavy (non-hydrogen) atoms. The lowest BCUT2D eigenvalue weighted by molar-refractivity contribution is -0.144. The minimum Gasteiger partial charge on any atom is -0.465 e. The topological polar surface area (TPSA) is 46.5 Å². The third kappa shape index (κ3) is 2.59. The van der Waals surface area contributed by atoms with Gasteiger partial charge >= 0.3 is 5.97 Å². The molecule has 0 aliphatic heterocycles. The van der Waals surface area contributed by atoms with E-state index in [2.05, 4.69) is 0 Å². The Morgan fingerprint density at radius 1 is 1.67 bits per heavy atom. The summed E-state index contributed by atoms with van der Waals surface area (Å²) in [4.78, 5) is 10.8. The van der Waals surface area contributed by atoms with Crippen LogP contribution in [0.15, 0.2) is 11.6 Å². The van der Waals surface area contributed by atoms with Gasteiger partial charge in [0.25, 0.3) is 0 Å². The summed E-state index contributed by atoms with van der Waals surface area (Å²) in [6, 6.07) is 0. The third-order valence-corrected chi connectivity index (χ3v) is 3.42. The smallest absolute Gasteiger partial charge is 0.302 e. The van der Waals surface area contributed by atoms with Crippen molar-refractivity contribution in [2.45, 2.75) is 40.2 Å². The van der Waals surface area contributed by atoms with Crippen LogP contribution < -0.4 is 0 Å². The monoisotopic (exact) mass is 212 g/mol. The van der Waals surface area contributed by atoms with Crippen molar-refractivity contribution in [3.8, 4) is 0 Å². The lowest BCUT2D eigenvalue weighted by atomic mass is 9.67. The van der Waals surface area contributed by atoms with Crippen molar-refractivity contribution in [3.63, 3.8) is 0 Å². The molecule has 0 heterocycles. The molecular weight excluding hydrogens is 192 g/mol. The predicted octanol–water partition coefficient (Wildman–Crippen LogP) is 1.90. The molecule has 1 rings (SSSR count). The molecule has 0 saturated heterocycles. The van der Waals surface area contributed by atoms with Crippen molar-refractivity contribution in [2.24, 2.45) is 11.3 Å². The zero-order valence-electron chi connectivity index (χ0n) is 9.91. The molecule has 0 aromatic carbocycles. The molecule has 1 aliphatic rings. The summed E-state index contributed by atoms with van der Waals surface area (Å²) >= 11 is 0. The summed E-state index contributed by atoms with van der Waals surface area (Å²) in [5.41, 5.74) is 0.973. The first-order chi connectivity index (χ1) is 6.85. The number of rotatable bonds is 2. The molecule has 0 fully saturated rings. The number of aliphatic hydroxyl groups excluding tert-OH is 1. The summed E-state index contributed by atoms with van der Waals surface area (Å²) in [7, 11) is 0. The number of esters is 1. The van der Waals surface area contributed by atoms with E-state index in [0.717, 1.165) is 0 Å². The van der Waals surface area contributed by atoms with Gasteiger partial charge in [-0.15, -0.1) is 0 Å². The Hall–Kier alpha value is -0.830. The molecule has 3 heteroatoms. The van der Waals surface area contributed by atoms with Crippen LogP contribution in [0.4, 0.5) is 0 Å². The molecule has 0 spiro atoms. The Morgan fingerprint density at radius 3 is 2.80 bits per heavy atom. The summed E-state index contributed by atoms with van der Waals surface area (Å²) in [6.45, 7) is 7.83. The van der Waals surface area contributed by atoms with Gasteiger partial charge in [-0.1, -0.05) is 25.5 Å². The van der Waals surface area contributed by atoms with Crippen LogP contribution in [0.1, 0.15) is 34.1 Å². The number of carbonyl (C=O) groups is 1. The van der Waals surface area contributed by atoms with Crippen LogP contribution in [0.3, 0.4) is 0 Å². The first-order valence-electron chi connectivity index (χ1n) is 5.33. The fraction of sp³-hybridized carbons (Fsp3) is 0.750. The Morgan fingerprint density at radius 2 is 2.27 bits per heavy atom. The molecular formula is C12H20O3. The van der Waals surface area contributed by atoms with Gasteiger partial charge in [0.15, 0.2) is 0 Å². The van der Waals surface area contributed by atoms with Crippen LogP contribution >= 0.6 is 0 Å². The summed E-state index contributed by atoms with van der Waals surface area (Å²) in [5, 5.41) is 9.91. The van der Waals surface area contributed by atoms with Crippen molar-refractivity contribution in [1.82, 2.24) is 0 Å². The van der Waals surface area contributed by atoms with Gasteiger partial charge in [0.1, 0.15) is 0 Å². The molecule has 1 aliphatic carbocycles. The summed E-state index contributed by atoms with van der Waals surface area (Å²) in [6.07, 6.45) is 2.36. The number of hydrogen-bond donors (Lipinski definition) is 1. The van der Waals surface area contributed by atoms with Gasteiger partial charge in [-0.3, -0.25) is 4.79 Å². The Labute approximate surface area is 91.1 Å². The standard InChI is InChI=1S/C12H20O3/c1-8-5-6-11(14)12(3,4)10(8)7-15-9(2)13/h5,10-11,14H,6-7H2,1-4H3. The molecule has 2 atom stereocenters. The minimum absolute atomic E-state index is 0.116. The van der Waals surface area contributed by atoms with E-state index >= 15 is 0 Å². The van der Waals surface area contributed by atoms with Crippen LogP contribution in [0, 0.1) is 11.3 Å². The normalized spacial score (nSPS) is 29.5. The summed E-state index contributed by atoms with van der Waals surface area (Å²) < 4.78 is 5.04. The molecule has 0 aromatic heterocycles. The molecule has 3 nitrogen and oxygen atoms in total. The van der Waals surface area contributed by atoms with E-state index in [1.165, 1.54) is 12.5 Å². The van der Waals surface area contributed by atoms with Gasteiger partial charge in [-0.25, -0.2) is 0 Å². The van der Waals surface area contributed by atoms with Crippen LogP contribution in [-0.4, -0.2) is 23.8 Å². The van der Waals surface area contributed by atoms with Crippen molar-refractivity contribution in [2.75, 3.05) is 6.61 Å². The van der Waals surface area contributed by atoms with E-state index in [4.69, 9.17) is 4.74 Å². The zero-order chi connectivity index (χ0) is 11.6. The number of hydrogen-bond acceptors (Lipinski definition) is 3. The first-order valence-corrected chi connectivity index (χ1v) is 5.33. The molecule has 86 valence electrons. The lowest BCUT2D eigenvalue weighted by Crippen LogP contribution is -2.42. The van der Waals surface area contributed by atoms with E-state index in [1.54, 1.807) is 0 Å². The molecule has 1 N–H and O–H groups in total. The second-order valence-electron chi connectivity index (χ2n) is 4.88. The second kappa shape index (κ2) is 4.35. The molecule has 0 amide bonds. The molecule has 2 unspecified atom stereocenters. The third-order valence-electron chi connectivity index (χ3n) is 3.42. The van der Waals surface area contributed by atoms with Gasteiger partial charge in [0.05, 0.1) is 12.7 Å². The highest BCUT2D eigenvalue weighted by Gasteiger charge is 2.40. The Bertz CT molecular complexity index is 279. The highest BCUT2D eigenvalue weighted by molar-refractivity contribution is 5.65. The van der Waals surface area contributed by atoms with E-state index in [0.29, 0.717) is 13.0 Å². The van der Waals surface area contributed by atoms with E-state index < -0.39 is 0 Å². The second-order valence-corrected chi connectivity index (χ2v) is 4.88. The van der Waals surface area contributed by atoms with Gasteiger partial charge < -0.3 is 9.84 Å². The first kappa shape index (κ1) is 12.2. The van der Waals surface area contributed by atoms with Crippen molar-refractivity contribution < 1.29 is 14.6 Å². The van der Waals surface area contributed by atoms with Gasteiger partial charge in [0, 0.05) is 18.3 Å². The lowest BCUT2D eigenvalue weighted by Gasteiger charge is -2.41. The SMILES string of the molecule is CC(=O)OCC1C(C)=CCC(O)C1(C)C. The van der Waals surface area contributed by atoms with Crippen LogP contribution in [-0.2, 0) is 9.53 Å². The molecule has 0 saturated carbocycles. The van der Waals surface area contributed by atoms with Crippen molar-refractivity contribution in [1.29, 1.82) is 0 Å². The minimum atomic E-state index is -0.359. The average Bonchev–Trinajstić information content (AvgIpc) is 2.11. The quantitative estimate of drug-likeness (QED) is 0.561. The largest absolute Gasteiger partial charge is 0.465 e. The maximum absolute atomic E-state index is 10.8. The van der Waals surface area contributed by atoms with E-state index in [9.17, 15) is 9.90 Å². The van der Waals surface area contributed by atoms with E-state index in [-0.39, 0.29) is 23.4 Å². The van der Waals surface area contributed by atoms with Crippen molar-refractivity contribution >= 4 is 5.97 Å². The van der Waals surface area contributed by atoms with Crippen LogP contribution in [0.5, 0.6) is 0 Å². The number of ether oxygens (including phenoxy) is 1. The molecule has 0 aromatic rings. The average molecular weight is 212 g/mol. The fourth-order valence-corrected chi connectivity index (χ4v) is 2.11. The van der Waals surface area contributed by atoms with Gasteiger partial charge in [-0.05, 0) is 13.3 Å². The van der Waals surface area contributed by atoms with Crippen LogP contribution in [0.2, 0.25) is 0 Å². The van der Waals surface area contributed by atoms with Crippen molar-refractivity contribution in [3.05, 3.63) is 11.6 Å². The summed E-state index contributed by atoms with van der Waals surface area (Å²) in [5.74, 6) is -0.149. The molecule has 0 bridgehead atoms. The predicted molar refractivity (Wildman–Crippen MR) is 58.3 cm³/mol.